The molecule has 2 saturated heterocycles. The molecule has 0 atom stereocenters. The highest BCUT2D eigenvalue weighted by Gasteiger charge is 2.41. The minimum atomic E-state index is -0.340. The molecule has 2 fully saturated rings. The van der Waals surface area contributed by atoms with Gasteiger partial charge in [-0.05, 0) is 38.8 Å². The van der Waals surface area contributed by atoms with Gasteiger partial charge in [0.15, 0.2) is 0 Å². The molecule has 2 rings (SSSR count). The fourth-order valence-electron chi connectivity index (χ4n) is 3.35. The molecule has 0 aromatic carbocycles. The van der Waals surface area contributed by atoms with Crippen LogP contribution in [0.15, 0.2) is 0 Å². The average Bonchev–Trinajstić information content (AvgIpc) is 2.76. The van der Waals surface area contributed by atoms with Gasteiger partial charge in [-0.2, -0.15) is 5.26 Å². The second-order valence-electron chi connectivity index (χ2n) is 6.21. The van der Waals surface area contributed by atoms with E-state index in [1.807, 2.05) is 4.90 Å². The van der Waals surface area contributed by atoms with E-state index in [9.17, 15) is 10.1 Å². The third kappa shape index (κ3) is 3.06. The normalized spacial score (nSPS) is 23.8. The summed E-state index contributed by atoms with van der Waals surface area (Å²) in [4.78, 5) is 17.9. The van der Waals surface area contributed by atoms with Gasteiger partial charge < -0.3 is 9.80 Å². The van der Waals surface area contributed by atoms with Crippen molar-refractivity contribution in [1.82, 2.24) is 14.7 Å². The fourth-order valence-corrected chi connectivity index (χ4v) is 3.35. The first-order chi connectivity index (χ1) is 9.59. The van der Waals surface area contributed by atoms with Crippen molar-refractivity contribution in [1.29, 1.82) is 5.26 Å². The van der Waals surface area contributed by atoms with Crippen LogP contribution in [-0.4, -0.2) is 66.5 Å². The monoisotopic (exact) mass is 278 g/mol. The third-order valence-electron chi connectivity index (χ3n) is 4.66. The van der Waals surface area contributed by atoms with Gasteiger partial charge in [-0.25, -0.2) is 4.79 Å². The lowest BCUT2D eigenvalue weighted by molar-refractivity contribution is 0.0682. The zero-order valence-electron chi connectivity index (χ0n) is 12.8. The van der Waals surface area contributed by atoms with Crippen LogP contribution in [0.1, 0.15) is 38.5 Å². The number of urea groups is 1. The molecule has 2 aliphatic rings. The fraction of sp³-hybridized carbons (Fsp3) is 0.867. The molecule has 2 heterocycles. The van der Waals surface area contributed by atoms with E-state index in [1.54, 1.807) is 19.0 Å². The van der Waals surface area contributed by atoms with Gasteiger partial charge in [-0.3, -0.25) is 4.90 Å². The Kier molecular flexibility index (Phi) is 4.87. The van der Waals surface area contributed by atoms with Gasteiger partial charge in [-0.1, -0.05) is 12.8 Å². The maximum absolute atomic E-state index is 12.0. The zero-order chi connectivity index (χ0) is 14.6. The predicted octanol–water partition coefficient (Wildman–Crippen LogP) is 1.90. The molecule has 5 heteroatoms. The Hall–Kier alpha value is -1.28. The Bertz CT molecular complexity index is 372. The molecule has 112 valence electrons. The molecule has 0 aromatic heterocycles. The summed E-state index contributed by atoms with van der Waals surface area (Å²) in [6, 6.07) is 2.64. The van der Waals surface area contributed by atoms with Crippen molar-refractivity contribution in [3.63, 3.8) is 0 Å². The van der Waals surface area contributed by atoms with Gasteiger partial charge >= 0.3 is 6.03 Å². The Morgan fingerprint density at radius 1 is 1.05 bits per heavy atom. The number of hydrogen-bond acceptors (Lipinski definition) is 3. The van der Waals surface area contributed by atoms with E-state index >= 15 is 0 Å². The van der Waals surface area contributed by atoms with E-state index in [2.05, 4.69) is 11.0 Å². The van der Waals surface area contributed by atoms with Crippen LogP contribution in [0.4, 0.5) is 4.79 Å². The first-order valence-electron chi connectivity index (χ1n) is 7.71. The predicted molar refractivity (Wildman–Crippen MR) is 78.3 cm³/mol. The molecule has 20 heavy (non-hydrogen) atoms. The summed E-state index contributed by atoms with van der Waals surface area (Å²) in [5.74, 6) is 0. The second-order valence-corrected chi connectivity index (χ2v) is 6.21. The Morgan fingerprint density at radius 2 is 1.60 bits per heavy atom. The van der Waals surface area contributed by atoms with Crippen molar-refractivity contribution in [3.05, 3.63) is 0 Å². The number of amides is 2. The number of likely N-dealkylation sites (tertiary alicyclic amines) is 2. The largest absolute Gasteiger partial charge is 0.331 e. The van der Waals surface area contributed by atoms with Crippen LogP contribution >= 0.6 is 0 Å². The Balaban J connectivity index is 2.01. The molecule has 0 unspecified atom stereocenters. The molecule has 0 N–H and O–H groups in total. The molecular formula is C15H26N4O. The summed E-state index contributed by atoms with van der Waals surface area (Å²) < 4.78 is 0. The van der Waals surface area contributed by atoms with E-state index in [1.165, 1.54) is 25.7 Å². The van der Waals surface area contributed by atoms with Crippen molar-refractivity contribution in [2.75, 3.05) is 40.3 Å². The van der Waals surface area contributed by atoms with Gasteiger partial charge in [0.25, 0.3) is 0 Å². The lowest BCUT2D eigenvalue weighted by Gasteiger charge is -2.44. The van der Waals surface area contributed by atoms with Crippen molar-refractivity contribution >= 4 is 6.03 Å². The Morgan fingerprint density at radius 3 is 2.05 bits per heavy atom. The molecule has 0 radical (unpaired) electrons. The maximum Gasteiger partial charge on any atom is 0.319 e. The van der Waals surface area contributed by atoms with Crippen LogP contribution in [0.5, 0.6) is 0 Å². The molecule has 0 spiro atoms. The minimum Gasteiger partial charge on any atom is -0.331 e. The molecular weight excluding hydrogens is 252 g/mol. The quantitative estimate of drug-likeness (QED) is 0.736. The molecule has 2 aliphatic heterocycles. The second kappa shape index (κ2) is 6.45. The number of rotatable bonds is 1. The topological polar surface area (TPSA) is 50.6 Å². The summed E-state index contributed by atoms with van der Waals surface area (Å²) in [7, 11) is 3.56. The molecule has 0 aromatic rings. The summed E-state index contributed by atoms with van der Waals surface area (Å²) in [5.41, 5.74) is -0.340. The first kappa shape index (κ1) is 15.1. The van der Waals surface area contributed by atoms with Gasteiger partial charge in [0.05, 0.1) is 6.07 Å². The number of nitrogens with zero attached hydrogens (tertiary/aromatic N) is 4. The van der Waals surface area contributed by atoms with Crippen molar-refractivity contribution in [2.45, 2.75) is 44.1 Å². The lowest BCUT2D eigenvalue weighted by atomic mass is 9.86. The maximum atomic E-state index is 12.0. The van der Waals surface area contributed by atoms with Crippen molar-refractivity contribution in [2.24, 2.45) is 0 Å². The minimum absolute atomic E-state index is 0.0624. The molecule has 0 bridgehead atoms. The highest BCUT2D eigenvalue weighted by molar-refractivity contribution is 5.74. The summed E-state index contributed by atoms with van der Waals surface area (Å²) in [5, 5.41) is 9.71. The smallest absolute Gasteiger partial charge is 0.319 e. The van der Waals surface area contributed by atoms with Crippen LogP contribution < -0.4 is 0 Å². The average molecular weight is 278 g/mol. The number of carbonyl (C=O) groups is 1. The summed E-state index contributed by atoms with van der Waals surface area (Å²) in [6.45, 7) is 3.46. The van der Waals surface area contributed by atoms with Crippen LogP contribution in [0, 0.1) is 11.3 Å². The van der Waals surface area contributed by atoms with Gasteiger partial charge in [0, 0.05) is 27.2 Å². The summed E-state index contributed by atoms with van der Waals surface area (Å²) in [6.07, 6.45) is 6.52. The number of carbonyl (C=O) groups excluding carboxylic acids is 1. The van der Waals surface area contributed by atoms with Gasteiger partial charge in [0.2, 0.25) is 0 Å². The van der Waals surface area contributed by atoms with Gasteiger partial charge in [-0.15, -0.1) is 0 Å². The molecule has 5 nitrogen and oxygen atoms in total. The van der Waals surface area contributed by atoms with Crippen molar-refractivity contribution < 1.29 is 4.79 Å². The van der Waals surface area contributed by atoms with E-state index in [0.717, 1.165) is 25.9 Å². The first-order valence-corrected chi connectivity index (χ1v) is 7.71. The van der Waals surface area contributed by atoms with Crippen LogP contribution in [0.2, 0.25) is 0 Å². The Labute approximate surface area is 122 Å². The van der Waals surface area contributed by atoms with E-state index < -0.39 is 0 Å². The number of nitriles is 1. The van der Waals surface area contributed by atoms with Crippen LogP contribution in [0.25, 0.3) is 0 Å². The third-order valence-corrected chi connectivity index (χ3v) is 4.66. The lowest BCUT2D eigenvalue weighted by Crippen LogP contribution is -2.56. The highest BCUT2D eigenvalue weighted by atomic mass is 16.2. The van der Waals surface area contributed by atoms with Crippen LogP contribution in [-0.2, 0) is 0 Å². The molecule has 0 aliphatic carbocycles. The summed E-state index contributed by atoms with van der Waals surface area (Å²) >= 11 is 0. The standard InChI is InChI=1S/C15H26N4O/c1-17(2)14(20)18-11-7-15(13-16,8-12-18)19-9-5-3-4-6-10-19/h3-12H2,1-2H3. The van der Waals surface area contributed by atoms with Crippen molar-refractivity contribution in [3.8, 4) is 6.07 Å². The van der Waals surface area contributed by atoms with E-state index in [-0.39, 0.29) is 11.6 Å². The van der Waals surface area contributed by atoms with E-state index in [0.29, 0.717) is 13.1 Å². The molecule has 0 saturated carbocycles. The number of hydrogen-bond donors (Lipinski definition) is 0. The van der Waals surface area contributed by atoms with Gasteiger partial charge in [0.1, 0.15) is 5.54 Å². The van der Waals surface area contributed by atoms with E-state index in [4.69, 9.17) is 0 Å². The zero-order valence-corrected chi connectivity index (χ0v) is 12.8. The number of piperidine rings is 1. The SMILES string of the molecule is CN(C)C(=O)N1CCC(C#N)(N2CCCCCC2)CC1. The van der Waals surface area contributed by atoms with Crippen LogP contribution in [0.3, 0.4) is 0 Å². The molecule has 2 amide bonds. The highest BCUT2D eigenvalue weighted by Crippen LogP contribution is 2.30.